The molecule has 128 valence electrons. The fourth-order valence-corrected chi connectivity index (χ4v) is 2.86. The van der Waals surface area contributed by atoms with Crippen LogP contribution in [0.1, 0.15) is 30.1 Å². The van der Waals surface area contributed by atoms with E-state index in [1.807, 2.05) is 0 Å². The summed E-state index contributed by atoms with van der Waals surface area (Å²) in [7, 11) is 0. The van der Waals surface area contributed by atoms with Crippen LogP contribution in [-0.2, 0) is 4.74 Å². The van der Waals surface area contributed by atoms with E-state index >= 15 is 0 Å². The lowest BCUT2D eigenvalue weighted by Gasteiger charge is -2.31. The quantitative estimate of drug-likeness (QED) is 0.785. The molecule has 1 aliphatic heterocycles. The molecule has 0 spiro atoms. The summed E-state index contributed by atoms with van der Waals surface area (Å²) in [6, 6.07) is 5.04. The average molecular weight is 332 g/mol. The SMILES string of the molecule is CCOC(=O)N1CCC(NC(=O)c2ccc3[nH]c(=O)[nH]c3c2)CC1. The van der Waals surface area contributed by atoms with E-state index in [0.29, 0.717) is 49.1 Å². The predicted octanol–water partition coefficient (Wildman–Crippen LogP) is 1.21. The first-order valence-electron chi connectivity index (χ1n) is 8.01. The van der Waals surface area contributed by atoms with Gasteiger partial charge in [0.2, 0.25) is 0 Å². The first kappa shape index (κ1) is 16.1. The predicted molar refractivity (Wildman–Crippen MR) is 88.0 cm³/mol. The van der Waals surface area contributed by atoms with Gasteiger partial charge in [0.25, 0.3) is 5.91 Å². The summed E-state index contributed by atoms with van der Waals surface area (Å²) < 4.78 is 4.98. The fourth-order valence-electron chi connectivity index (χ4n) is 2.86. The molecule has 2 heterocycles. The first-order chi connectivity index (χ1) is 11.6. The Morgan fingerprint density at radius 3 is 2.67 bits per heavy atom. The minimum Gasteiger partial charge on any atom is -0.450 e. The molecule has 0 atom stereocenters. The third kappa shape index (κ3) is 3.42. The zero-order valence-corrected chi connectivity index (χ0v) is 13.4. The van der Waals surface area contributed by atoms with Crippen molar-refractivity contribution in [3.05, 3.63) is 34.2 Å². The molecule has 2 amide bonds. The van der Waals surface area contributed by atoms with Crippen LogP contribution in [0.4, 0.5) is 4.79 Å². The van der Waals surface area contributed by atoms with Crippen LogP contribution in [0.5, 0.6) is 0 Å². The second-order valence-electron chi connectivity index (χ2n) is 5.77. The van der Waals surface area contributed by atoms with Gasteiger partial charge in [0, 0.05) is 24.7 Å². The smallest absolute Gasteiger partial charge is 0.409 e. The van der Waals surface area contributed by atoms with E-state index in [1.54, 1.807) is 30.0 Å². The number of H-pyrrole nitrogens is 2. The van der Waals surface area contributed by atoms with Crippen molar-refractivity contribution in [2.75, 3.05) is 19.7 Å². The number of rotatable bonds is 3. The van der Waals surface area contributed by atoms with Crippen LogP contribution in [0, 0.1) is 0 Å². The van der Waals surface area contributed by atoms with Crippen LogP contribution in [0.2, 0.25) is 0 Å². The van der Waals surface area contributed by atoms with Gasteiger partial charge in [0.05, 0.1) is 17.6 Å². The van der Waals surface area contributed by atoms with Crippen molar-refractivity contribution in [2.24, 2.45) is 0 Å². The summed E-state index contributed by atoms with van der Waals surface area (Å²) in [5, 5.41) is 2.98. The van der Waals surface area contributed by atoms with E-state index in [9.17, 15) is 14.4 Å². The molecular formula is C16H20N4O4. The maximum absolute atomic E-state index is 12.4. The Bertz CT molecular complexity index is 802. The van der Waals surface area contributed by atoms with Crippen molar-refractivity contribution in [3.8, 4) is 0 Å². The van der Waals surface area contributed by atoms with Crippen LogP contribution in [0.25, 0.3) is 11.0 Å². The third-order valence-corrected chi connectivity index (χ3v) is 4.13. The Labute approximate surface area is 138 Å². The summed E-state index contributed by atoms with van der Waals surface area (Å²) in [5.41, 5.74) is 1.46. The van der Waals surface area contributed by atoms with Crippen LogP contribution in [0.15, 0.2) is 23.0 Å². The number of ether oxygens (including phenoxy) is 1. The minimum atomic E-state index is -0.302. The summed E-state index contributed by atoms with van der Waals surface area (Å²) in [6.45, 7) is 3.26. The molecule has 8 nitrogen and oxygen atoms in total. The van der Waals surface area contributed by atoms with E-state index in [-0.39, 0.29) is 23.7 Å². The first-order valence-corrected chi connectivity index (χ1v) is 8.01. The molecule has 2 aromatic rings. The van der Waals surface area contributed by atoms with E-state index in [2.05, 4.69) is 15.3 Å². The van der Waals surface area contributed by atoms with Crippen LogP contribution in [0.3, 0.4) is 0 Å². The van der Waals surface area contributed by atoms with Gasteiger partial charge in [-0.3, -0.25) is 4.79 Å². The Morgan fingerprint density at radius 1 is 1.25 bits per heavy atom. The number of carbonyl (C=O) groups excluding carboxylic acids is 2. The van der Waals surface area contributed by atoms with E-state index in [0.717, 1.165) is 0 Å². The standard InChI is InChI=1S/C16H20N4O4/c1-2-24-16(23)20-7-5-11(6-8-20)17-14(21)10-3-4-12-13(9-10)19-15(22)18-12/h3-4,9,11H,2,5-8H2,1H3,(H,17,21)(H2,18,19,22). The number of nitrogens with zero attached hydrogens (tertiary/aromatic N) is 1. The number of aromatic amines is 2. The number of imidazole rings is 1. The molecule has 0 aliphatic carbocycles. The van der Waals surface area contributed by atoms with Gasteiger partial charge in [-0.05, 0) is 38.0 Å². The van der Waals surface area contributed by atoms with Gasteiger partial charge in [0.1, 0.15) is 0 Å². The number of carbonyl (C=O) groups is 2. The van der Waals surface area contributed by atoms with Crippen molar-refractivity contribution in [2.45, 2.75) is 25.8 Å². The van der Waals surface area contributed by atoms with E-state index in [4.69, 9.17) is 4.74 Å². The number of piperidine rings is 1. The van der Waals surface area contributed by atoms with Crippen LogP contribution >= 0.6 is 0 Å². The number of benzene rings is 1. The molecule has 0 unspecified atom stereocenters. The van der Waals surface area contributed by atoms with E-state index in [1.165, 1.54) is 0 Å². The van der Waals surface area contributed by atoms with Crippen LogP contribution in [-0.4, -0.2) is 52.6 Å². The van der Waals surface area contributed by atoms with Crippen molar-refractivity contribution in [1.82, 2.24) is 20.2 Å². The highest BCUT2D eigenvalue weighted by Gasteiger charge is 2.24. The van der Waals surface area contributed by atoms with Gasteiger partial charge in [-0.1, -0.05) is 0 Å². The summed E-state index contributed by atoms with van der Waals surface area (Å²) >= 11 is 0. The van der Waals surface area contributed by atoms with Gasteiger partial charge in [-0.15, -0.1) is 0 Å². The highest BCUT2D eigenvalue weighted by atomic mass is 16.6. The second kappa shape index (κ2) is 6.77. The highest BCUT2D eigenvalue weighted by Crippen LogP contribution is 2.14. The summed E-state index contributed by atoms with van der Waals surface area (Å²) in [6.07, 6.45) is 1.07. The Balaban J connectivity index is 1.58. The highest BCUT2D eigenvalue weighted by molar-refractivity contribution is 5.97. The average Bonchev–Trinajstić information content (AvgIpc) is 2.94. The molecule has 1 fully saturated rings. The minimum absolute atomic E-state index is 0.0177. The molecule has 8 heteroatoms. The maximum Gasteiger partial charge on any atom is 0.409 e. The molecule has 1 saturated heterocycles. The fraction of sp³-hybridized carbons (Fsp3) is 0.438. The third-order valence-electron chi connectivity index (χ3n) is 4.13. The molecule has 1 aliphatic rings. The molecule has 0 saturated carbocycles. The number of amides is 2. The zero-order valence-electron chi connectivity index (χ0n) is 13.4. The van der Waals surface area contributed by atoms with Gasteiger partial charge in [-0.2, -0.15) is 0 Å². The molecule has 3 N–H and O–H groups in total. The molecule has 24 heavy (non-hydrogen) atoms. The molecule has 0 radical (unpaired) electrons. The summed E-state index contributed by atoms with van der Waals surface area (Å²) in [5.74, 6) is -0.187. The van der Waals surface area contributed by atoms with Crippen molar-refractivity contribution in [3.63, 3.8) is 0 Å². The number of aromatic nitrogens is 2. The number of likely N-dealkylation sites (tertiary alicyclic amines) is 1. The Hall–Kier alpha value is -2.77. The van der Waals surface area contributed by atoms with Crippen molar-refractivity contribution < 1.29 is 14.3 Å². The lowest BCUT2D eigenvalue weighted by atomic mass is 10.0. The van der Waals surface area contributed by atoms with E-state index < -0.39 is 0 Å². The van der Waals surface area contributed by atoms with Crippen molar-refractivity contribution in [1.29, 1.82) is 0 Å². The molecule has 1 aromatic carbocycles. The van der Waals surface area contributed by atoms with Gasteiger partial charge in [0.15, 0.2) is 0 Å². The monoisotopic (exact) mass is 332 g/mol. The zero-order chi connectivity index (χ0) is 17.1. The van der Waals surface area contributed by atoms with Gasteiger partial charge < -0.3 is 24.9 Å². The molecular weight excluding hydrogens is 312 g/mol. The van der Waals surface area contributed by atoms with Crippen LogP contribution < -0.4 is 11.0 Å². The van der Waals surface area contributed by atoms with Crippen molar-refractivity contribution >= 4 is 23.0 Å². The number of hydrogen-bond acceptors (Lipinski definition) is 4. The topological polar surface area (TPSA) is 107 Å². The molecule has 3 rings (SSSR count). The van der Waals surface area contributed by atoms with Gasteiger partial charge >= 0.3 is 11.8 Å². The Morgan fingerprint density at radius 2 is 1.96 bits per heavy atom. The lowest BCUT2D eigenvalue weighted by Crippen LogP contribution is -2.46. The van der Waals surface area contributed by atoms with Gasteiger partial charge in [-0.25, -0.2) is 9.59 Å². The largest absolute Gasteiger partial charge is 0.450 e. The number of hydrogen-bond donors (Lipinski definition) is 3. The Kier molecular flexibility index (Phi) is 4.54. The number of nitrogens with one attached hydrogen (secondary N) is 3. The number of fused-ring (bicyclic) bond motifs is 1. The maximum atomic E-state index is 12.4. The summed E-state index contributed by atoms with van der Waals surface area (Å²) in [4.78, 5) is 42.2. The second-order valence-corrected chi connectivity index (χ2v) is 5.77. The normalized spacial score (nSPS) is 15.5. The lowest BCUT2D eigenvalue weighted by molar-refractivity contribution is 0.0860. The molecule has 0 bridgehead atoms. The molecule has 1 aromatic heterocycles.